The Kier molecular flexibility index (Phi) is 4.51. The second-order valence-corrected chi connectivity index (χ2v) is 5.39. The summed E-state index contributed by atoms with van der Waals surface area (Å²) < 4.78 is 23.8. The molecule has 0 bridgehead atoms. The minimum Gasteiger partial charge on any atom is -0.494 e. The van der Waals surface area contributed by atoms with Crippen molar-refractivity contribution in [2.45, 2.75) is 13.3 Å². The van der Waals surface area contributed by atoms with Gasteiger partial charge in [-0.3, -0.25) is 0 Å². The van der Waals surface area contributed by atoms with Gasteiger partial charge in [-0.2, -0.15) is 0 Å². The monoisotopic (exact) mass is 327 g/mol. The number of esters is 1. The highest BCUT2D eigenvalue weighted by Gasteiger charge is 2.19. The number of rotatable bonds is 5. The molecule has 0 unspecified atom stereocenters. The van der Waals surface area contributed by atoms with E-state index in [1.165, 1.54) is 13.2 Å². The molecule has 3 rings (SSSR count). The van der Waals surface area contributed by atoms with Crippen LogP contribution in [0.25, 0.3) is 10.9 Å². The number of aromatic nitrogens is 1. The predicted molar refractivity (Wildman–Crippen MR) is 90.0 cm³/mol. The first-order valence-electron chi connectivity index (χ1n) is 7.73. The fourth-order valence-corrected chi connectivity index (χ4v) is 2.78. The molecule has 0 aliphatic rings. The number of fused-ring (bicyclic) bond motifs is 1. The molecule has 1 aromatic heterocycles. The quantitative estimate of drug-likeness (QED) is 0.718. The van der Waals surface area contributed by atoms with Crippen LogP contribution in [0.5, 0.6) is 5.75 Å². The smallest absolute Gasteiger partial charge is 0.355 e. The number of carbonyl (C=O) groups is 1. The molecule has 0 saturated carbocycles. The summed E-state index contributed by atoms with van der Waals surface area (Å²) in [6.07, 6.45) is 0.467. The molecule has 1 heterocycles. The molecule has 0 atom stereocenters. The van der Waals surface area contributed by atoms with Gasteiger partial charge in [-0.05, 0) is 36.2 Å². The Morgan fingerprint density at radius 1 is 1.21 bits per heavy atom. The summed E-state index contributed by atoms with van der Waals surface area (Å²) >= 11 is 0. The van der Waals surface area contributed by atoms with Crippen LogP contribution in [0.2, 0.25) is 0 Å². The van der Waals surface area contributed by atoms with Gasteiger partial charge in [-0.15, -0.1) is 0 Å². The zero-order chi connectivity index (χ0) is 17.1. The number of hydrogen-bond donors (Lipinski definition) is 1. The normalized spacial score (nSPS) is 10.8. The molecule has 0 fully saturated rings. The van der Waals surface area contributed by atoms with Gasteiger partial charge < -0.3 is 14.5 Å². The average molecular weight is 327 g/mol. The summed E-state index contributed by atoms with van der Waals surface area (Å²) in [5, 5.41) is 0.948. The minimum atomic E-state index is -0.411. The first-order valence-corrected chi connectivity index (χ1v) is 7.73. The first-order chi connectivity index (χ1) is 11.6. The third-order valence-electron chi connectivity index (χ3n) is 3.89. The van der Waals surface area contributed by atoms with Gasteiger partial charge in [-0.25, -0.2) is 9.18 Å². The Morgan fingerprint density at radius 2 is 2.00 bits per heavy atom. The van der Waals surface area contributed by atoms with Crippen LogP contribution in [-0.2, 0) is 11.2 Å². The molecule has 2 aromatic carbocycles. The van der Waals surface area contributed by atoms with Crippen LogP contribution >= 0.6 is 0 Å². The lowest BCUT2D eigenvalue weighted by Gasteiger charge is -2.07. The largest absolute Gasteiger partial charge is 0.494 e. The van der Waals surface area contributed by atoms with E-state index >= 15 is 0 Å². The molecule has 5 heteroatoms. The molecule has 0 aliphatic carbocycles. The van der Waals surface area contributed by atoms with E-state index in [9.17, 15) is 9.18 Å². The molecule has 4 nitrogen and oxygen atoms in total. The van der Waals surface area contributed by atoms with E-state index < -0.39 is 11.8 Å². The summed E-state index contributed by atoms with van der Waals surface area (Å²) in [6.45, 7) is 2.07. The van der Waals surface area contributed by atoms with Crippen LogP contribution in [-0.4, -0.2) is 24.7 Å². The lowest BCUT2D eigenvalue weighted by atomic mass is 10.0. The average Bonchev–Trinajstić information content (AvgIpc) is 2.95. The van der Waals surface area contributed by atoms with E-state index in [0.29, 0.717) is 18.7 Å². The third-order valence-corrected chi connectivity index (χ3v) is 3.89. The van der Waals surface area contributed by atoms with Gasteiger partial charge in [0.05, 0.1) is 13.7 Å². The Balaban J connectivity index is 2.07. The van der Waals surface area contributed by atoms with Crippen LogP contribution in [0.3, 0.4) is 0 Å². The first kappa shape index (κ1) is 16.1. The number of methoxy groups -OCH3 is 1. The number of carbonyl (C=O) groups excluding carboxylic acids is 1. The molecule has 0 radical (unpaired) electrons. The Bertz CT molecular complexity index is 885. The highest BCUT2D eigenvalue weighted by Crippen LogP contribution is 2.27. The Hall–Kier alpha value is -2.82. The van der Waals surface area contributed by atoms with Crippen molar-refractivity contribution in [3.05, 3.63) is 65.1 Å². The van der Waals surface area contributed by atoms with E-state index in [0.717, 1.165) is 22.0 Å². The van der Waals surface area contributed by atoms with E-state index in [-0.39, 0.29) is 5.75 Å². The number of hydrogen-bond acceptors (Lipinski definition) is 3. The summed E-state index contributed by atoms with van der Waals surface area (Å²) in [5.74, 6) is -0.617. The molecule has 1 N–H and O–H groups in total. The fourth-order valence-electron chi connectivity index (χ4n) is 2.78. The molecule has 0 spiro atoms. The lowest BCUT2D eigenvalue weighted by molar-refractivity contribution is 0.0519. The maximum atomic E-state index is 13.6. The topological polar surface area (TPSA) is 51.3 Å². The third kappa shape index (κ3) is 2.97. The van der Waals surface area contributed by atoms with Crippen molar-refractivity contribution in [2.24, 2.45) is 0 Å². The van der Waals surface area contributed by atoms with Crippen LogP contribution in [0, 0.1) is 5.82 Å². The van der Waals surface area contributed by atoms with Gasteiger partial charge in [0, 0.05) is 17.3 Å². The fraction of sp³-hybridized carbons (Fsp3) is 0.211. The molecular formula is C19H18FNO3. The van der Waals surface area contributed by atoms with Crippen molar-refractivity contribution in [3.8, 4) is 5.75 Å². The van der Waals surface area contributed by atoms with Crippen LogP contribution in [0.1, 0.15) is 28.5 Å². The van der Waals surface area contributed by atoms with Crippen molar-refractivity contribution in [1.82, 2.24) is 4.98 Å². The number of nitrogens with one attached hydrogen (secondary N) is 1. The van der Waals surface area contributed by atoms with E-state index in [1.54, 1.807) is 19.1 Å². The molecule has 3 aromatic rings. The predicted octanol–water partition coefficient (Wildman–Crippen LogP) is 4.08. The summed E-state index contributed by atoms with van der Waals surface area (Å²) in [6, 6.07) is 12.4. The minimum absolute atomic E-state index is 0.185. The number of aromatic amines is 1. The van der Waals surface area contributed by atoms with Crippen molar-refractivity contribution in [2.75, 3.05) is 13.7 Å². The van der Waals surface area contributed by atoms with Gasteiger partial charge >= 0.3 is 5.97 Å². The summed E-state index contributed by atoms with van der Waals surface area (Å²) in [7, 11) is 1.43. The summed E-state index contributed by atoms with van der Waals surface area (Å²) in [4.78, 5) is 15.4. The Morgan fingerprint density at radius 3 is 2.75 bits per heavy atom. The van der Waals surface area contributed by atoms with Crippen molar-refractivity contribution < 1.29 is 18.7 Å². The van der Waals surface area contributed by atoms with E-state index in [4.69, 9.17) is 9.47 Å². The lowest BCUT2D eigenvalue weighted by Crippen LogP contribution is -2.08. The van der Waals surface area contributed by atoms with Gasteiger partial charge in [0.25, 0.3) is 0 Å². The highest BCUT2D eigenvalue weighted by atomic mass is 19.1. The second kappa shape index (κ2) is 6.74. The molecule has 0 amide bonds. The van der Waals surface area contributed by atoms with Crippen molar-refractivity contribution in [3.63, 3.8) is 0 Å². The second-order valence-electron chi connectivity index (χ2n) is 5.39. The molecular weight excluding hydrogens is 309 g/mol. The molecule has 124 valence electrons. The zero-order valence-corrected chi connectivity index (χ0v) is 13.6. The standard InChI is InChI=1S/C19H18FNO3/c1-3-24-19(22)18-14(13-6-4-5-7-16(13)21-18)10-12-8-9-15(20)17(11-12)23-2/h4-9,11,21H,3,10H2,1-2H3. The van der Waals surface area contributed by atoms with Crippen LogP contribution in [0.15, 0.2) is 42.5 Å². The van der Waals surface area contributed by atoms with Gasteiger partial charge in [0.1, 0.15) is 5.69 Å². The van der Waals surface area contributed by atoms with Gasteiger partial charge in [-0.1, -0.05) is 24.3 Å². The van der Waals surface area contributed by atoms with E-state index in [1.807, 2.05) is 24.3 Å². The van der Waals surface area contributed by atoms with Gasteiger partial charge in [0.2, 0.25) is 0 Å². The Labute approximate surface area is 139 Å². The van der Waals surface area contributed by atoms with E-state index in [2.05, 4.69) is 4.98 Å². The van der Waals surface area contributed by atoms with Crippen molar-refractivity contribution >= 4 is 16.9 Å². The van der Waals surface area contributed by atoms with Crippen molar-refractivity contribution in [1.29, 1.82) is 0 Å². The van der Waals surface area contributed by atoms with Crippen LogP contribution in [0.4, 0.5) is 4.39 Å². The number of halogens is 1. The molecule has 0 aliphatic heterocycles. The SMILES string of the molecule is CCOC(=O)c1[nH]c2ccccc2c1Cc1ccc(F)c(OC)c1. The number of H-pyrrole nitrogens is 1. The van der Waals surface area contributed by atoms with Gasteiger partial charge in [0.15, 0.2) is 11.6 Å². The number of benzene rings is 2. The van der Waals surface area contributed by atoms with Crippen LogP contribution < -0.4 is 4.74 Å². The maximum absolute atomic E-state index is 13.6. The zero-order valence-electron chi connectivity index (χ0n) is 13.6. The maximum Gasteiger partial charge on any atom is 0.355 e. The number of ether oxygens (including phenoxy) is 2. The molecule has 0 saturated heterocycles. The highest BCUT2D eigenvalue weighted by molar-refractivity contribution is 5.98. The molecule has 24 heavy (non-hydrogen) atoms. The number of para-hydroxylation sites is 1. The summed E-state index contributed by atoms with van der Waals surface area (Å²) in [5.41, 5.74) is 2.98.